The maximum atomic E-state index is 12.2. The lowest BCUT2D eigenvalue weighted by Crippen LogP contribution is -2.25. The van der Waals surface area contributed by atoms with Crippen molar-refractivity contribution in [2.75, 3.05) is 13.6 Å². The first-order chi connectivity index (χ1) is 10.7. The summed E-state index contributed by atoms with van der Waals surface area (Å²) >= 11 is 0. The van der Waals surface area contributed by atoms with E-state index in [0.29, 0.717) is 13.0 Å². The van der Waals surface area contributed by atoms with Gasteiger partial charge in [0.05, 0.1) is 0 Å². The number of unbranched alkanes of at least 4 members (excludes halogenated alkanes) is 3. The van der Waals surface area contributed by atoms with Gasteiger partial charge in [-0.15, -0.1) is 12.4 Å². The third-order valence-electron chi connectivity index (χ3n) is 4.06. The van der Waals surface area contributed by atoms with Crippen molar-refractivity contribution < 1.29 is 4.79 Å². The average Bonchev–Trinajstić information content (AvgIpc) is 2.54. The predicted molar refractivity (Wildman–Crippen MR) is 99.8 cm³/mol. The van der Waals surface area contributed by atoms with Crippen LogP contribution in [0.15, 0.2) is 42.5 Å². The summed E-state index contributed by atoms with van der Waals surface area (Å²) in [6.07, 6.45) is 4.85. The van der Waals surface area contributed by atoms with Gasteiger partial charge in [0.25, 0.3) is 0 Å². The lowest BCUT2D eigenvalue weighted by Gasteiger charge is -2.18. The summed E-state index contributed by atoms with van der Waals surface area (Å²) < 4.78 is 0. The number of benzene rings is 2. The SMILES string of the molecule is CN(Cc1cccc2ccccc12)C(=O)CCCCCCN.Cl. The molecular formula is C19H27ClN2O. The molecule has 0 spiro atoms. The monoisotopic (exact) mass is 334 g/mol. The number of nitrogens with zero attached hydrogens (tertiary/aromatic N) is 1. The molecule has 0 aliphatic heterocycles. The Morgan fingerprint density at radius 3 is 2.48 bits per heavy atom. The maximum absolute atomic E-state index is 12.2. The van der Waals surface area contributed by atoms with Gasteiger partial charge in [-0.3, -0.25) is 4.79 Å². The number of amides is 1. The van der Waals surface area contributed by atoms with Crippen LogP contribution in [-0.4, -0.2) is 24.4 Å². The Morgan fingerprint density at radius 1 is 1.00 bits per heavy atom. The molecule has 0 aliphatic carbocycles. The van der Waals surface area contributed by atoms with Gasteiger partial charge in [-0.1, -0.05) is 55.3 Å². The summed E-state index contributed by atoms with van der Waals surface area (Å²) in [7, 11) is 1.89. The molecule has 0 atom stereocenters. The Hall–Kier alpha value is -1.58. The fourth-order valence-corrected chi connectivity index (χ4v) is 2.74. The standard InChI is InChI=1S/C19H26N2O.ClH/c1-21(19(22)13-4-2-3-7-14-20)15-17-11-8-10-16-9-5-6-12-18(16)17;/h5-6,8-12H,2-4,7,13-15,20H2,1H3;1H. The predicted octanol–water partition coefficient (Wildman–Crippen LogP) is 4.13. The maximum Gasteiger partial charge on any atom is 0.222 e. The number of hydrogen-bond acceptors (Lipinski definition) is 2. The quantitative estimate of drug-likeness (QED) is 0.738. The Bertz CT molecular complexity index is 610. The van der Waals surface area contributed by atoms with Gasteiger partial charge >= 0.3 is 0 Å². The number of rotatable bonds is 8. The third kappa shape index (κ3) is 5.85. The Kier molecular flexibility index (Phi) is 8.67. The van der Waals surface area contributed by atoms with Gasteiger partial charge in [0, 0.05) is 20.0 Å². The number of carbonyl (C=O) groups excluding carboxylic acids is 1. The fourth-order valence-electron chi connectivity index (χ4n) is 2.74. The second kappa shape index (κ2) is 10.2. The van der Waals surface area contributed by atoms with Crippen LogP contribution in [0, 0.1) is 0 Å². The van der Waals surface area contributed by atoms with Crippen molar-refractivity contribution in [1.29, 1.82) is 0 Å². The molecule has 126 valence electrons. The molecule has 2 aromatic carbocycles. The molecule has 0 bridgehead atoms. The summed E-state index contributed by atoms with van der Waals surface area (Å²) in [4.78, 5) is 14.1. The molecule has 0 unspecified atom stereocenters. The molecule has 0 saturated heterocycles. The van der Waals surface area contributed by atoms with Gasteiger partial charge in [0.15, 0.2) is 0 Å². The van der Waals surface area contributed by atoms with Crippen LogP contribution in [0.3, 0.4) is 0 Å². The van der Waals surface area contributed by atoms with Crippen molar-refractivity contribution in [3.05, 3.63) is 48.0 Å². The summed E-state index contributed by atoms with van der Waals surface area (Å²) in [6.45, 7) is 1.41. The largest absolute Gasteiger partial charge is 0.341 e. The van der Waals surface area contributed by atoms with E-state index in [1.165, 1.54) is 16.3 Å². The van der Waals surface area contributed by atoms with E-state index in [4.69, 9.17) is 5.73 Å². The molecule has 0 aliphatic rings. The highest BCUT2D eigenvalue weighted by Crippen LogP contribution is 2.20. The Morgan fingerprint density at radius 2 is 1.70 bits per heavy atom. The molecule has 0 aromatic heterocycles. The highest BCUT2D eigenvalue weighted by Gasteiger charge is 2.10. The van der Waals surface area contributed by atoms with Crippen molar-refractivity contribution in [2.24, 2.45) is 5.73 Å². The van der Waals surface area contributed by atoms with Gasteiger partial charge in [0.2, 0.25) is 5.91 Å². The first-order valence-corrected chi connectivity index (χ1v) is 8.13. The summed E-state index contributed by atoms with van der Waals surface area (Å²) in [5.74, 6) is 0.223. The molecule has 23 heavy (non-hydrogen) atoms. The fraction of sp³-hybridized carbons (Fsp3) is 0.421. The van der Waals surface area contributed by atoms with E-state index in [2.05, 4.69) is 30.3 Å². The highest BCUT2D eigenvalue weighted by atomic mass is 35.5. The summed E-state index contributed by atoms with van der Waals surface area (Å²) in [5, 5.41) is 2.45. The first-order valence-electron chi connectivity index (χ1n) is 8.13. The Labute approximate surface area is 145 Å². The van der Waals surface area contributed by atoms with Crippen molar-refractivity contribution in [1.82, 2.24) is 4.90 Å². The zero-order chi connectivity index (χ0) is 15.8. The smallest absolute Gasteiger partial charge is 0.222 e. The normalized spacial score (nSPS) is 10.3. The minimum atomic E-state index is 0. The van der Waals surface area contributed by atoms with Gasteiger partial charge in [-0.05, 0) is 35.7 Å². The van der Waals surface area contributed by atoms with E-state index in [1.54, 1.807) is 0 Å². The van der Waals surface area contributed by atoms with E-state index in [1.807, 2.05) is 24.1 Å². The minimum Gasteiger partial charge on any atom is -0.341 e. The molecule has 0 heterocycles. The van der Waals surface area contributed by atoms with Gasteiger partial charge in [0.1, 0.15) is 0 Å². The zero-order valence-corrected chi connectivity index (χ0v) is 14.6. The molecule has 2 N–H and O–H groups in total. The topological polar surface area (TPSA) is 46.3 Å². The van der Waals surface area contributed by atoms with Crippen LogP contribution in [0.25, 0.3) is 10.8 Å². The number of halogens is 1. The van der Waals surface area contributed by atoms with E-state index >= 15 is 0 Å². The molecule has 1 amide bonds. The van der Waals surface area contributed by atoms with Gasteiger partial charge < -0.3 is 10.6 Å². The number of fused-ring (bicyclic) bond motifs is 1. The molecule has 2 aromatic rings. The van der Waals surface area contributed by atoms with Crippen molar-refractivity contribution in [3.8, 4) is 0 Å². The zero-order valence-electron chi connectivity index (χ0n) is 13.8. The van der Waals surface area contributed by atoms with Crippen LogP contribution in [-0.2, 0) is 11.3 Å². The second-order valence-corrected chi connectivity index (χ2v) is 5.84. The molecule has 0 fully saturated rings. The molecule has 2 rings (SSSR count). The van der Waals surface area contributed by atoms with Crippen LogP contribution in [0.5, 0.6) is 0 Å². The molecule has 4 heteroatoms. The van der Waals surface area contributed by atoms with Crippen molar-refractivity contribution in [3.63, 3.8) is 0 Å². The van der Waals surface area contributed by atoms with E-state index in [9.17, 15) is 4.79 Å². The molecular weight excluding hydrogens is 308 g/mol. The number of nitrogens with two attached hydrogens (primary N) is 1. The number of carbonyl (C=O) groups is 1. The lowest BCUT2D eigenvalue weighted by molar-refractivity contribution is -0.130. The summed E-state index contributed by atoms with van der Waals surface area (Å²) in [6, 6.07) is 14.6. The van der Waals surface area contributed by atoms with E-state index < -0.39 is 0 Å². The van der Waals surface area contributed by atoms with Crippen LogP contribution >= 0.6 is 12.4 Å². The lowest BCUT2D eigenvalue weighted by atomic mass is 10.0. The molecule has 0 radical (unpaired) electrons. The van der Waals surface area contributed by atoms with E-state index in [-0.39, 0.29) is 18.3 Å². The van der Waals surface area contributed by atoms with Gasteiger partial charge in [-0.2, -0.15) is 0 Å². The Balaban J connectivity index is 0.00000264. The van der Waals surface area contributed by atoms with Crippen LogP contribution in [0.4, 0.5) is 0 Å². The van der Waals surface area contributed by atoms with Gasteiger partial charge in [-0.25, -0.2) is 0 Å². The third-order valence-corrected chi connectivity index (χ3v) is 4.06. The first kappa shape index (κ1) is 19.5. The highest BCUT2D eigenvalue weighted by molar-refractivity contribution is 5.86. The number of hydrogen-bond donors (Lipinski definition) is 1. The van der Waals surface area contributed by atoms with Crippen molar-refractivity contribution in [2.45, 2.75) is 38.6 Å². The molecule has 3 nitrogen and oxygen atoms in total. The summed E-state index contributed by atoms with van der Waals surface area (Å²) in [5.41, 5.74) is 6.68. The van der Waals surface area contributed by atoms with E-state index in [0.717, 1.165) is 32.2 Å². The van der Waals surface area contributed by atoms with Crippen LogP contribution in [0.2, 0.25) is 0 Å². The minimum absolute atomic E-state index is 0. The van der Waals surface area contributed by atoms with Crippen LogP contribution in [0.1, 0.15) is 37.7 Å². The second-order valence-electron chi connectivity index (χ2n) is 5.84. The van der Waals surface area contributed by atoms with Crippen LogP contribution < -0.4 is 5.73 Å². The average molecular weight is 335 g/mol. The van der Waals surface area contributed by atoms with Crippen molar-refractivity contribution >= 4 is 29.1 Å². The molecule has 0 saturated carbocycles.